The third-order valence-electron chi connectivity index (χ3n) is 2.90. The number of nitrogens with zero attached hydrogens (tertiary/aromatic N) is 1. The maximum absolute atomic E-state index is 13.7. The summed E-state index contributed by atoms with van der Waals surface area (Å²) < 4.78 is 24.4. The first-order valence-electron chi connectivity index (χ1n) is 6.23. The minimum Gasteiger partial charge on any atom is -0.376 e. The lowest BCUT2D eigenvalue weighted by Crippen LogP contribution is -2.42. The topological polar surface area (TPSA) is 50.8 Å². The summed E-state index contributed by atoms with van der Waals surface area (Å²) in [4.78, 5) is 13.4. The summed E-state index contributed by atoms with van der Waals surface area (Å²) in [5.41, 5.74) is 0.0511. The Bertz CT molecular complexity index is 481. The highest BCUT2D eigenvalue weighted by Crippen LogP contribution is 2.22. The highest BCUT2D eigenvalue weighted by molar-refractivity contribution is 6.31. The van der Waals surface area contributed by atoms with E-state index in [0.29, 0.717) is 26.4 Å². The molecular weight excluding hydrogens is 287 g/mol. The van der Waals surface area contributed by atoms with E-state index in [-0.39, 0.29) is 16.8 Å². The summed E-state index contributed by atoms with van der Waals surface area (Å²) >= 11 is 5.66. The van der Waals surface area contributed by atoms with E-state index >= 15 is 0 Å². The van der Waals surface area contributed by atoms with Crippen LogP contribution in [0.5, 0.6) is 0 Å². The Labute approximate surface area is 121 Å². The summed E-state index contributed by atoms with van der Waals surface area (Å²) in [6, 6.07) is 4.01. The van der Waals surface area contributed by atoms with Gasteiger partial charge in [0.2, 0.25) is 0 Å². The van der Waals surface area contributed by atoms with Gasteiger partial charge in [0.05, 0.1) is 43.2 Å². The highest BCUT2D eigenvalue weighted by Gasteiger charge is 2.20. The minimum absolute atomic E-state index is 0.0329. The molecule has 1 N–H and O–H groups in total. The molecule has 1 aliphatic rings. The number of carbonyl (C=O) groups is 1. The summed E-state index contributed by atoms with van der Waals surface area (Å²) in [6.45, 7) is 1.90. The van der Waals surface area contributed by atoms with Gasteiger partial charge >= 0.3 is 6.03 Å². The number of amides is 2. The van der Waals surface area contributed by atoms with Gasteiger partial charge in [-0.1, -0.05) is 17.7 Å². The Morgan fingerprint density at radius 2 is 2.35 bits per heavy atom. The molecule has 1 aromatic rings. The van der Waals surface area contributed by atoms with Crippen LogP contribution in [0.25, 0.3) is 0 Å². The van der Waals surface area contributed by atoms with Crippen molar-refractivity contribution in [2.45, 2.75) is 6.10 Å². The zero-order chi connectivity index (χ0) is 14.5. The van der Waals surface area contributed by atoms with E-state index in [4.69, 9.17) is 21.1 Å². The monoisotopic (exact) mass is 302 g/mol. The molecule has 2 amide bonds. The SMILES string of the molecule is CN(CC1COCCO1)C(=O)Nc1cccc(Cl)c1F. The Balaban J connectivity index is 1.91. The van der Waals surface area contributed by atoms with E-state index in [1.54, 1.807) is 13.1 Å². The molecule has 1 saturated heterocycles. The van der Waals surface area contributed by atoms with Crippen LogP contribution in [0.4, 0.5) is 14.9 Å². The number of hydrogen-bond donors (Lipinski definition) is 1. The largest absolute Gasteiger partial charge is 0.376 e. The van der Waals surface area contributed by atoms with Crippen molar-refractivity contribution in [3.8, 4) is 0 Å². The number of rotatable bonds is 3. The van der Waals surface area contributed by atoms with E-state index in [9.17, 15) is 9.18 Å². The van der Waals surface area contributed by atoms with Gasteiger partial charge in [-0.25, -0.2) is 9.18 Å². The number of benzene rings is 1. The van der Waals surface area contributed by atoms with Gasteiger partial charge in [0.1, 0.15) is 0 Å². The number of carbonyl (C=O) groups excluding carboxylic acids is 1. The summed E-state index contributed by atoms with van der Waals surface area (Å²) in [6.07, 6.45) is -0.163. The zero-order valence-electron chi connectivity index (χ0n) is 11.1. The first-order chi connectivity index (χ1) is 9.58. The van der Waals surface area contributed by atoms with Crippen LogP contribution in [0.15, 0.2) is 18.2 Å². The molecule has 0 saturated carbocycles. The average Bonchev–Trinajstić information content (AvgIpc) is 2.45. The maximum atomic E-state index is 13.7. The van der Waals surface area contributed by atoms with Crippen LogP contribution in [0.3, 0.4) is 0 Å². The van der Waals surface area contributed by atoms with Crippen molar-refractivity contribution in [2.75, 3.05) is 38.7 Å². The number of anilines is 1. The normalized spacial score (nSPS) is 18.6. The minimum atomic E-state index is -0.645. The number of urea groups is 1. The Morgan fingerprint density at radius 3 is 3.05 bits per heavy atom. The number of ether oxygens (including phenoxy) is 2. The van der Waals surface area contributed by atoms with Crippen LogP contribution in [0.1, 0.15) is 0 Å². The van der Waals surface area contributed by atoms with Crippen LogP contribution in [0.2, 0.25) is 5.02 Å². The number of nitrogens with one attached hydrogen (secondary N) is 1. The molecule has 1 heterocycles. The van der Waals surface area contributed by atoms with Crippen LogP contribution in [-0.2, 0) is 9.47 Å². The van der Waals surface area contributed by atoms with E-state index in [1.165, 1.54) is 17.0 Å². The fourth-order valence-corrected chi connectivity index (χ4v) is 2.02. The van der Waals surface area contributed by atoms with Crippen molar-refractivity contribution in [3.05, 3.63) is 29.0 Å². The van der Waals surface area contributed by atoms with Crippen molar-refractivity contribution >= 4 is 23.3 Å². The smallest absolute Gasteiger partial charge is 0.321 e. The van der Waals surface area contributed by atoms with Crippen LogP contribution in [0, 0.1) is 5.82 Å². The van der Waals surface area contributed by atoms with E-state index in [0.717, 1.165) is 0 Å². The van der Waals surface area contributed by atoms with E-state index in [2.05, 4.69) is 5.32 Å². The second-order valence-electron chi connectivity index (χ2n) is 4.48. The Morgan fingerprint density at radius 1 is 1.55 bits per heavy atom. The molecule has 1 atom stereocenters. The highest BCUT2D eigenvalue weighted by atomic mass is 35.5. The summed E-state index contributed by atoms with van der Waals surface area (Å²) in [5.74, 6) is -0.645. The maximum Gasteiger partial charge on any atom is 0.321 e. The van der Waals surface area contributed by atoms with Gasteiger partial charge in [0.15, 0.2) is 5.82 Å². The van der Waals surface area contributed by atoms with Crippen molar-refractivity contribution in [1.82, 2.24) is 4.90 Å². The fourth-order valence-electron chi connectivity index (χ4n) is 1.84. The molecule has 110 valence electrons. The fraction of sp³-hybridized carbons (Fsp3) is 0.462. The van der Waals surface area contributed by atoms with Crippen molar-refractivity contribution in [2.24, 2.45) is 0 Å². The second kappa shape index (κ2) is 6.88. The second-order valence-corrected chi connectivity index (χ2v) is 4.89. The molecule has 7 heteroatoms. The van der Waals surface area contributed by atoms with Gasteiger partial charge in [0, 0.05) is 7.05 Å². The van der Waals surface area contributed by atoms with Crippen molar-refractivity contribution in [1.29, 1.82) is 0 Å². The summed E-state index contributed by atoms with van der Waals surface area (Å²) in [7, 11) is 1.61. The van der Waals surface area contributed by atoms with E-state index < -0.39 is 11.8 Å². The van der Waals surface area contributed by atoms with Gasteiger partial charge in [-0.3, -0.25) is 0 Å². The molecule has 1 aliphatic heterocycles. The Kier molecular flexibility index (Phi) is 5.17. The molecule has 1 unspecified atom stereocenters. The first-order valence-corrected chi connectivity index (χ1v) is 6.61. The molecule has 20 heavy (non-hydrogen) atoms. The molecule has 0 aliphatic carbocycles. The molecule has 1 aromatic carbocycles. The molecule has 1 fully saturated rings. The lowest BCUT2D eigenvalue weighted by atomic mass is 10.3. The van der Waals surface area contributed by atoms with Crippen LogP contribution >= 0.6 is 11.6 Å². The lowest BCUT2D eigenvalue weighted by Gasteiger charge is -2.27. The standard InChI is InChI=1S/C13H16ClFN2O3/c1-17(7-9-8-19-5-6-20-9)13(18)16-11-4-2-3-10(14)12(11)15/h2-4,9H,5-8H2,1H3,(H,16,18). The molecule has 0 radical (unpaired) electrons. The van der Waals surface area contributed by atoms with Crippen LogP contribution in [-0.4, -0.2) is 50.4 Å². The van der Waals surface area contributed by atoms with E-state index in [1.807, 2.05) is 0 Å². The third kappa shape index (κ3) is 3.82. The predicted molar refractivity (Wildman–Crippen MR) is 73.6 cm³/mol. The Hall–Kier alpha value is -1.37. The number of hydrogen-bond acceptors (Lipinski definition) is 3. The quantitative estimate of drug-likeness (QED) is 0.932. The molecule has 0 bridgehead atoms. The van der Waals surface area contributed by atoms with Gasteiger partial charge in [-0.05, 0) is 12.1 Å². The molecule has 2 rings (SSSR count). The number of halogens is 2. The number of likely N-dealkylation sites (N-methyl/N-ethyl adjacent to an activating group) is 1. The first kappa shape index (κ1) is 15.0. The van der Waals surface area contributed by atoms with Gasteiger partial charge < -0.3 is 19.7 Å². The van der Waals surface area contributed by atoms with Crippen LogP contribution < -0.4 is 5.32 Å². The van der Waals surface area contributed by atoms with Crippen molar-refractivity contribution in [3.63, 3.8) is 0 Å². The van der Waals surface area contributed by atoms with Gasteiger partial charge in [-0.2, -0.15) is 0 Å². The average molecular weight is 303 g/mol. The third-order valence-corrected chi connectivity index (χ3v) is 3.19. The lowest BCUT2D eigenvalue weighted by molar-refractivity contribution is -0.0925. The van der Waals surface area contributed by atoms with Crippen molar-refractivity contribution < 1.29 is 18.7 Å². The molecule has 0 aromatic heterocycles. The predicted octanol–water partition coefficient (Wildman–Crippen LogP) is 2.36. The summed E-state index contributed by atoms with van der Waals surface area (Å²) in [5, 5.41) is 2.44. The van der Waals surface area contributed by atoms with Gasteiger partial charge in [0.25, 0.3) is 0 Å². The molecule has 5 nitrogen and oxygen atoms in total. The zero-order valence-corrected chi connectivity index (χ0v) is 11.8. The molecular formula is C13H16ClFN2O3. The molecule has 0 spiro atoms. The van der Waals surface area contributed by atoms with Gasteiger partial charge in [-0.15, -0.1) is 0 Å².